The molecule has 0 bridgehead atoms. The zero-order valence-electron chi connectivity index (χ0n) is 12.6. The molecule has 1 aromatic heterocycles. The molecule has 5 heteroatoms. The van der Waals surface area contributed by atoms with Gasteiger partial charge in [0.2, 0.25) is 0 Å². The Morgan fingerprint density at radius 3 is 2.95 bits per heavy atom. The fraction of sp³-hybridized carbons (Fsp3) is 0.375. The Kier molecular flexibility index (Phi) is 4.98. The molecule has 21 heavy (non-hydrogen) atoms. The van der Waals surface area contributed by atoms with E-state index in [1.54, 1.807) is 13.1 Å². The number of hydrogen-bond acceptors (Lipinski definition) is 3. The van der Waals surface area contributed by atoms with Crippen LogP contribution in [0.5, 0.6) is 5.75 Å². The monoisotopic (exact) mass is 287 g/mol. The van der Waals surface area contributed by atoms with Crippen molar-refractivity contribution in [2.45, 2.75) is 33.3 Å². The minimum Gasteiger partial charge on any atom is -0.481 e. The van der Waals surface area contributed by atoms with Crippen molar-refractivity contribution < 1.29 is 9.53 Å². The number of ether oxygens (including phenoxy) is 1. The molecule has 2 N–H and O–H groups in total. The summed E-state index contributed by atoms with van der Waals surface area (Å²) in [5.41, 5.74) is 3.21. The second-order valence-corrected chi connectivity index (χ2v) is 5.18. The molecule has 0 aliphatic rings. The van der Waals surface area contributed by atoms with Crippen LogP contribution in [0.15, 0.2) is 30.6 Å². The number of carbonyl (C=O) groups excluding carboxylic acids is 1. The Hall–Kier alpha value is -2.30. The van der Waals surface area contributed by atoms with E-state index in [1.165, 1.54) is 0 Å². The third-order valence-electron chi connectivity index (χ3n) is 3.28. The van der Waals surface area contributed by atoms with Crippen molar-refractivity contribution in [2.75, 3.05) is 6.54 Å². The number of aromatic nitrogens is 2. The van der Waals surface area contributed by atoms with Crippen LogP contribution in [0.1, 0.15) is 23.6 Å². The Bertz CT molecular complexity index is 594. The number of aromatic amines is 1. The smallest absolute Gasteiger partial charge is 0.260 e. The first-order valence-electron chi connectivity index (χ1n) is 7.05. The van der Waals surface area contributed by atoms with Gasteiger partial charge >= 0.3 is 0 Å². The van der Waals surface area contributed by atoms with E-state index >= 15 is 0 Å². The van der Waals surface area contributed by atoms with Crippen LogP contribution in [0.2, 0.25) is 0 Å². The minimum atomic E-state index is -0.519. The Labute approximate surface area is 124 Å². The average molecular weight is 287 g/mol. The lowest BCUT2D eigenvalue weighted by Crippen LogP contribution is -2.37. The molecule has 0 aliphatic heterocycles. The predicted molar refractivity (Wildman–Crippen MR) is 81.3 cm³/mol. The largest absolute Gasteiger partial charge is 0.481 e. The van der Waals surface area contributed by atoms with Crippen molar-refractivity contribution >= 4 is 5.91 Å². The number of nitrogens with zero attached hydrogens (tertiary/aromatic N) is 1. The fourth-order valence-corrected chi connectivity index (χ4v) is 1.97. The van der Waals surface area contributed by atoms with Crippen molar-refractivity contribution in [2.24, 2.45) is 0 Å². The zero-order chi connectivity index (χ0) is 15.2. The normalized spacial score (nSPS) is 12.0. The Balaban J connectivity index is 1.83. The molecule has 0 fully saturated rings. The third kappa shape index (κ3) is 4.34. The summed E-state index contributed by atoms with van der Waals surface area (Å²) in [6, 6.07) is 5.97. The summed E-state index contributed by atoms with van der Waals surface area (Å²) in [4.78, 5) is 12.0. The molecule has 0 saturated carbocycles. The van der Waals surface area contributed by atoms with E-state index in [0.717, 1.165) is 28.9 Å². The van der Waals surface area contributed by atoms with E-state index in [1.807, 2.05) is 38.2 Å². The van der Waals surface area contributed by atoms with Crippen molar-refractivity contribution in [3.63, 3.8) is 0 Å². The van der Waals surface area contributed by atoms with Crippen molar-refractivity contribution in [3.05, 3.63) is 47.3 Å². The van der Waals surface area contributed by atoms with Gasteiger partial charge in [-0.15, -0.1) is 0 Å². The summed E-state index contributed by atoms with van der Waals surface area (Å²) in [6.45, 7) is 6.30. The summed E-state index contributed by atoms with van der Waals surface area (Å²) in [5, 5.41) is 9.48. The van der Waals surface area contributed by atoms with Crippen molar-refractivity contribution in [3.8, 4) is 5.75 Å². The topological polar surface area (TPSA) is 67.0 Å². The lowest BCUT2D eigenvalue weighted by atomic mass is 10.1. The highest BCUT2D eigenvalue weighted by Crippen LogP contribution is 2.20. The Morgan fingerprint density at radius 1 is 1.43 bits per heavy atom. The van der Waals surface area contributed by atoms with Crippen molar-refractivity contribution in [1.29, 1.82) is 0 Å². The summed E-state index contributed by atoms with van der Waals surface area (Å²) in [6.07, 6.45) is 3.80. The van der Waals surface area contributed by atoms with Crippen LogP contribution in [0.3, 0.4) is 0 Å². The number of H-pyrrole nitrogens is 1. The summed E-state index contributed by atoms with van der Waals surface area (Å²) in [7, 11) is 0. The first kappa shape index (κ1) is 15.1. The van der Waals surface area contributed by atoms with Crippen LogP contribution in [0.25, 0.3) is 0 Å². The van der Waals surface area contributed by atoms with Gasteiger partial charge in [0.05, 0.1) is 6.20 Å². The van der Waals surface area contributed by atoms with Gasteiger partial charge in [-0.2, -0.15) is 5.10 Å². The third-order valence-corrected chi connectivity index (χ3v) is 3.28. The van der Waals surface area contributed by atoms with E-state index in [-0.39, 0.29) is 5.91 Å². The standard InChI is InChI=1S/C16H21N3O2/c1-11-4-5-12(2)15(8-11)21-13(3)16(20)17-7-6-14-9-18-19-10-14/h4-5,8-10,13H,6-7H2,1-3H3,(H,17,20)(H,18,19)/t13-/m1/s1. The summed E-state index contributed by atoms with van der Waals surface area (Å²) < 4.78 is 5.74. The molecule has 2 aromatic rings. The molecule has 0 saturated heterocycles. The van der Waals surface area contributed by atoms with Gasteiger partial charge in [-0.1, -0.05) is 12.1 Å². The number of carbonyl (C=O) groups is 1. The van der Waals surface area contributed by atoms with Crippen LogP contribution in [-0.4, -0.2) is 28.8 Å². The molecule has 2 rings (SSSR count). The highest BCUT2D eigenvalue weighted by Gasteiger charge is 2.15. The molecule has 5 nitrogen and oxygen atoms in total. The zero-order valence-corrected chi connectivity index (χ0v) is 12.6. The number of benzene rings is 1. The highest BCUT2D eigenvalue weighted by molar-refractivity contribution is 5.80. The van der Waals surface area contributed by atoms with Crippen LogP contribution >= 0.6 is 0 Å². The predicted octanol–water partition coefficient (Wildman–Crippen LogP) is 2.15. The van der Waals surface area contributed by atoms with Gasteiger partial charge in [0, 0.05) is 12.7 Å². The van der Waals surface area contributed by atoms with E-state index in [9.17, 15) is 4.79 Å². The van der Waals surface area contributed by atoms with Gasteiger partial charge in [-0.05, 0) is 49.9 Å². The van der Waals surface area contributed by atoms with Gasteiger partial charge in [0.25, 0.3) is 5.91 Å². The lowest BCUT2D eigenvalue weighted by molar-refractivity contribution is -0.127. The highest BCUT2D eigenvalue weighted by atomic mass is 16.5. The second kappa shape index (κ2) is 6.92. The quantitative estimate of drug-likeness (QED) is 0.855. The molecule has 0 spiro atoms. The maximum absolute atomic E-state index is 12.0. The van der Waals surface area contributed by atoms with E-state index in [0.29, 0.717) is 6.54 Å². The lowest BCUT2D eigenvalue weighted by Gasteiger charge is -2.16. The first-order chi connectivity index (χ1) is 10.1. The molecular formula is C16H21N3O2. The molecule has 1 aromatic carbocycles. The number of aryl methyl sites for hydroxylation is 2. The molecule has 0 unspecified atom stereocenters. The molecule has 1 atom stereocenters. The van der Waals surface area contributed by atoms with Crippen LogP contribution in [-0.2, 0) is 11.2 Å². The Morgan fingerprint density at radius 2 is 2.24 bits per heavy atom. The van der Waals surface area contributed by atoms with Crippen LogP contribution < -0.4 is 10.1 Å². The number of rotatable bonds is 6. The number of nitrogens with one attached hydrogen (secondary N) is 2. The summed E-state index contributed by atoms with van der Waals surface area (Å²) in [5.74, 6) is 0.645. The van der Waals surface area contributed by atoms with Gasteiger partial charge in [0.15, 0.2) is 6.10 Å². The molecular weight excluding hydrogens is 266 g/mol. The van der Waals surface area contributed by atoms with E-state index in [4.69, 9.17) is 4.74 Å². The molecule has 0 aliphatic carbocycles. The molecule has 1 amide bonds. The van der Waals surface area contributed by atoms with Crippen molar-refractivity contribution in [1.82, 2.24) is 15.5 Å². The average Bonchev–Trinajstić information content (AvgIpc) is 2.96. The first-order valence-corrected chi connectivity index (χ1v) is 7.05. The summed E-state index contributed by atoms with van der Waals surface area (Å²) >= 11 is 0. The molecule has 1 heterocycles. The maximum Gasteiger partial charge on any atom is 0.260 e. The van der Waals surface area contributed by atoms with E-state index in [2.05, 4.69) is 15.5 Å². The van der Waals surface area contributed by atoms with Gasteiger partial charge in [-0.3, -0.25) is 9.89 Å². The van der Waals surface area contributed by atoms with E-state index < -0.39 is 6.10 Å². The van der Waals surface area contributed by atoms with Gasteiger partial charge in [0.1, 0.15) is 5.75 Å². The molecule has 0 radical (unpaired) electrons. The number of amides is 1. The molecule has 112 valence electrons. The van der Waals surface area contributed by atoms with Gasteiger partial charge in [-0.25, -0.2) is 0 Å². The van der Waals surface area contributed by atoms with Gasteiger partial charge < -0.3 is 10.1 Å². The number of hydrogen-bond donors (Lipinski definition) is 2. The maximum atomic E-state index is 12.0. The second-order valence-electron chi connectivity index (χ2n) is 5.18. The van der Waals surface area contributed by atoms with Crippen LogP contribution in [0.4, 0.5) is 0 Å². The fourth-order valence-electron chi connectivity index (χ4n) is 1.97. The SMILES string of the molecule is Cc1ccc(C)c(O[C@H](C)C(=O)NCCc2cn[nH]c2)c1. The van der Waals surface area contributed by atoms with Crippen LogP contribution in [0, 0.1) is 13.8 Å². The minimum absolute atomic E-state index is 0.112.